The lowest BCUT2D eigenvalue weighted by Gasteiger charge is -2.14. The number of benzene rings is 2. The molecule has 1 aliphatic heterocycles. The van der Waals surface area contributed by atoms with Gasteiger partial charge >= 0.3 is 0 Å². The highest BCUT2D eigenvalue weighted by molar-refractivity contribution is 6.30. The fourth-order valence-corrected chi connectivity index (χ4v) is 3.17. The van der Waals surface area contributed by atoms with Crippen LogP contribution in [-0.2, 0) is 4.74 Å². The molecule has 1 saturated heterocycles. The van der Waals surface area contributed by atoms with E-state index < -0.39 is 0 Å². The summed E-state index contributed by atoms with van der Waals surface area (Å²) < 4.78 is 5.69. The Morgan fingerprint density at radius 3 is 2.88 bits per heavy atom. The number of fused-ring (bicyclic) bond motifs is 1. The van der Waals surface area contributed by atoms with Crippen LogP contribution >= 0.6 is 11.6 Å². The quantitative estimate of drug-likeness (QED) is 0.758. The molecule has 0 bridgehead atoms. The van der Waals surface area contributed by atoms with E-state index in [1.165, 1.54) is 0 Å². The molecule has 1 aromatic heterocycles. The first kappa shape index (κ1) is 15.4. The number of aromatic nitrogens is 2. The molecule has 4 nitrogen and oxygen atoms in total. The molecule has 122 valence electrons. The summed E-state index contributed by atoms with van der Waals surface area (Å²) in [5.41, 5.74) is 1.82. The summed E-state index contributed by atoms with van der Waals surface area (Å²) in [6.45, 7) is 1.61. The molecule has 3 aromatic rings. The van der Waals surface area contributed by atoms with Crippen LogP contribution in [0.25, 0.3) is 22.3 Å². The Kier molecular flexibility index (Phi) is 4.32. The van der Waals surface area contributed by atoms with Crippen molar-refractivity contribution in [1.29, 1.82) is 0 Å². The molecular formula is C19H18ClN3O. The van der Waals surface area contributed by atoms with E-state index in [1.54, 1.807) is 0 Å². The third-order valence-electron chi connectivity index (χ3n) is 4.21. The molecule has 2 heterocycles. The Morgan fingerprint density at radius 1 is 1.12 bits per heavy atom. The minimum Gasteiger partial charge on any atom is -0.376 e. The minimum atomic E-state index is 0.258. The maximum atomic E-state index is 6.11. The second-order valence-corrected chi connectivity index (χ2v) is 6.38. The summed E-state index contributed by atoms with van der Waals surface area (Å²) in [5, 5.41) is 5.14. The molecule has 1 atom stereocenters. The molecule has 1 N–H and O–H groups in total. The number of nitrogens with zero attached hydrogens (tertiary/aromatic N) is 2. The first-order valence-corrected chi connectivity index (χ1v) is 8.55. The van der Waals surface area contributed by atoms with Gasteiger partial charge in [-0.15, -0.1) is 0 Å². The monoisotopic (exact) mass is 339 g/mol. The summed E-state index contributed by atoms with van der Waals surface area (Å²) in [6, 6.07) is 15.6. The van der Waals surface area contributed by atoms with Crippen LogP contribution in [0.4, 0.5) is 5.82 Å². The minimum absolute atomic E-state index is 0.258. The molecule has 4 rings (SSSR count). The molecule has 5 heteroatoms. The van der Waals surface area contributed by atoms with Gasteiger partial charge in [0, 0.05) is 29.1 Å². The van der Waals surface area contributed by atoms with E-state index in [9.17, 15) is 0 Å². The van der Waals surface area contributed by atoms with Crippen LogP contribution in [0.3, 0.4) is 0 Å². The SMILES string of the molecule is Clc1cccc(-c2nc(NC[C@@H]3CCCO3)c3ccccc3n2)c1. The van der Waals surface area contributed by atoms with Crippen molar-refractivity contribution in [2.45, 2.75) is 18.9 Å². The maximum absolute atomic E-state index is 6.11. The van der Waals surface area contributed by atoms with Gasteiger partial charge in [0.1, 0.15) is 5.82 Å². The van der Waals surface area contributed by atoms with E-state index >= 15 is 0 Å². The van der Waals surface area contributed by atoms with Crippen LogP contribution in [0.15, 0.2) is 48.5 Å². The summed E-state index contributed by atoms with van der Waals surface area (Å²) in [5.74, 6) is 1.51. The molecule has 0 spiro atoms. The lowest BCUT2D eigenvalue weighted by Crippen LogP contribution is -2.19. The van der Waals surface area contributed by atoms with Crippen LogP contribution in [0.5, 0.6) is 0 Å². The average Bonchev–Trinajstić information content (AvgIpc) is 3.13. The zero-order chi connectivity index (χ0) is 16.4. The maximum Gasteiger partial charge on any atom is 0.162 e. The first-order valence-electron chi connectivity index (χ1n) is 8.18. The van der Waals surface area contributed by atoms with E-state index in [0.717, 1.165) is 48.3 Å². The number of nitrogens with one attached hydrogen (secondary N) is 1. The van der Waals surface area contributed by atoms with Crippen LogP contribution in [-0.4, -0.2) is 29.2 Å². The van der Waals surface area contributed by atoms with Crippen molar-refractivity contribution >= 4 is 28.3 Å². The molecule has 1 fully saturated rings. The van der Waals surface area contributed by atoms with Gasteiger partial charge in [0.2, 0.25) is 0 Å². The largest absolute Gasteiger partial charge is 0.376 e. The summed E-state index contributed by atoms with van der Waals surface area (Å²) in [6.07, 6.45) is 2.48. The van der Waals surface area contributed by atoms with Crippen molar-refractivity contribution in [1.82, 2.24) is 9.97 Å². The number of rotatable bonds is 4. The van der Waals surface area contributed by atoms with Crippen LogP contribution in [0.2, 0.25) is 5.02 Å². The number of para-hydroxylation sites is 1. The van der Waals surface area contributed by atoms with Crippen molar-refractivity contribution in [3.8, 4) is 11.4 Å². The van der Waals surface area contributed by atoms with Gasteiger partial charge in [-0.1, -0.05) is 35.9 Å². The zero-order valence-corrected chi connectivity index (χ0v) is 14.0. The van der Waals surface area contributed by atoms with Crippen molar-refractivity contribution in [2.24, 2.45) is 0 Å². The van der Waals surface area contributed by atoms with Gasteiger partial charge in [-0.25, -0.2) is 9.97 Å². The van der Waals surface area contributed by atoms with Crippen molar-refractivity contribution in [3.63, 3.8) is 0 Å². The molecule has 0 unspecified atom stereocenters. The third kappa shape index (κ3) is 3.21. The van der Waals surface area contributed by atoms with Crippen molar-refractivity contribution in [3.05, 3.63) is 53.6 Å². The smallest absolute Gasteiger partial charge is 0.162 e. The van der Waals surface area contributed by atoms with Gasteiger partial charge in [0.05, 0.1) is 11.6 Å². The van der Waals surface area contributed by atoms with Gasteiger partial charge in [-0.2, -0.15) is 0 Å². The Hall–Kier alpha value is -2.17. The summed E-state index contributed by atoms with van der Waals surface area (Å²) in [7, 11) is 0. The lowest BCUT2D eigenvalue weighted by molar-refractivity contribution is 0.120. The predicted molar refractivity (Wildman–Crippen MR) is 97.4 cm³/mol. The van der Waals surface area contributed by atoms with Gasteiger partial charge < -0.3 is 10.1 Å². The normalized spacial score (nSPS) is 17.3. The summed E-state index contributed by atoms with van der Waals surface area (Å²) >= 11 is 6.11. The van der Waals surface area contributed by atoms with Crippen LogP contribution < -0.4 is 5.32 Å². The summed E-state index contributed by atoms with van der Waals surface area (Å²) in [4.78, 5) is 9.42. The number of halogens is 1. The number of ether oxygens (including phenoxy) is 1. The third-order valence-corrected chi connectivity index (χ3v) is 4.44. The van der Waals surface area contributed by atoms with Crippen LogP contribution in [0, 0.1) is 0 Å². The molecule has 0 aliphatic carbocycles. The Morgan fingerprint density at radius 2 is 2.04 bits per heavy atom. The van der Waals surface area contributed by atoms with E-state index in [2.05, 4.69) is 10.3 Å². The van der Waals surface area contributed by atoms with E-state index in [-0.39, 0.29) is 6.10 Å². The highest BCUT2D eigenvalue weighted by Crippen LogP contribution is 2.26. The molecule has 0 radical (unpaired) electrons. The molecule has 0 amide bonds. The zero-order valence-electron chi connectivity index (χ0n) is 13.2. The average molecular weight is 340 g/mol. The van der Waals surface area contributed by atoms with Crippen molar-refractivity contribution < 1.29 is 4.74 Å². The number of hydrogen-bond donors (Lipinski definition) is 1. The second kappa shape index (κ2) is 6.75. The molecule has 0 saturated carbocycles. The lowest BCUT2D eigenvalue weighted by atomic mass is 10.1. The van der Waals surface area contributed by atoms with E-state index in [1.807, 2.05) is 48.5 Å². The molecule has 24 heavy (non-hydrogen) atoms. The topological polar surface area (TPSA) is 47.0 Å². The first-order chi connectivity index (χ1) is 11.8. The number of anilines is 1. The Labute approximate surface area is 145 Å². The highest BCUT2D eigenvalue weighted by Gasteiger charge is 2.16. The number of hydrogen-bond acceptors (Lipinski definition) is 4. The van der Waals surface area contributed by atoms with Crippen molar-refractivity contribution in [2.75, 3.05) is 18.5 Å². The second-order valence-electron chi connectivity index (χ2n) is 5.94. The van der Waals surface area contributed by atoms with Crippen LogP contribution in [0.1, 0.15) is 12.8 Å². The Balaban J connectivity index is 1.72. The van der Waals surface area contributed by atoms with Gasteiger partial charge in [-0.05, 0) is 37.1 Å². The predicted octanol–water partition coefficient (Wildman–Crippen LogP) is 4.54. The van der Waals surface area contributed by atoms with Gasteiger partial charge in [-0.3, -0.25) is 0 Å². The molecule has 2 aromatic carbocycles. The molecule has 1 aliphatic rings. The fourth-order valence-electron chi connectivity index (χ4n) is 2.98. The van der Waals surface area contributed by atoms with E-state index in [0.29, 0.717) is 10.8 Å². The Bertz CT molecular complexity index is 862. The molecular weight excluding hydrogens is 322 g/mol. The highest BCUT2D eigenvalue weighted by atomic mass is 35.5. The van der Waals surface area contributed by atoms with Gasteiger partial charge in [0.15, 0.2) is 5.82 Å². The fraction of sp³-hybridized carbons (Fsp3) is 0.263. The van der Waals surface area contributed by atoms with E-state index in [4.69, 9.17) is 21.3 Å². The van der Waals surface area contributed by atoms with Gasteiger partial charge in [0.25, 0.3) is 0 Å². The standard InChI is InChI=1S/C19H18ClN3O/c20-14-6-3-5-13(11-14)18-22-17-9-2-1-8-16(17)19(23-18)21-12-15-7-4-10-24-15/h1-3,5-6,8-9,11,15H,4,7,10,12H2,(H,21,22,23)/t15-/m0/s1.